The third kappa shape index (κ3) is 5.01. The summed E-state index contributed by atoms with van der Waals surface area (Å²) in [7, 11) is 0. The number of aliphatic hydroxyl groups excluding tert-OH is 2. The van der Waals surface area contributed by atoms with Gasteiger partial charge in [0.05, 0.1) is 22.8 Å². The number of benzene rings is 1. The van der Waals surface area contributed by atoms with Crippen LogP contribution in [-0.2, 0) is 16.2 Å². The van der Waals surface area contributed by atoms with Gasteiger partial charge in [0.15, 0.2) is 0 Å². The van der Waals surface area contributed by atoms with E-state index < -0.39 is 24.2 Å². The monoisotopic (exact) mass is 598 g/mol. The lowest BCUT2D eigenvalue weighted by molar-refractivity contribution is -0.183. The molecule has 2 unspecified atom stereocenters. The molecule has 5 rings (SSSR count). The van der Waals surface area contributed by atoms with Crippen molar-refractivity contribution in [3.05, 3.63) is 40.0 Å². The smallest absolute Gasteiger partial charge is 0.240 e. The number of fused-ring (bicyclic) bond motifs is 2. The number of aliphatic hydroxyl groups is 2. The van der Waals surface area contributed by atoms with Crippen molar-refractivity contribution in [2.24, 2.45) is 29.1 Å². The molecule has 0 spiro atoms. The van der Waals surface area contributed by atoms with E-state index in [0.717, 1.165) is 21.3 Å². The van der Waals surface area contributed by atoms with Gasteiger partial charge in [-0.05, 0) is 71.6 Å². The second-order valence-electron chi connectivity index (χ2n) is 11.1. The SMILES string of the molecule is C=CCOc1c(I)cccc1CN1O[C@@H](CO)[C@@H]([C@H](C)O)[C@H]1C(=O)NC1CC2C[C@H]([C@@H]1C)C2(C)C. The molecular formula is C27H39IN2O5. The zero-order chi connectivity index (χ0) is 25.5. The molecule has 2 bridgehead atoms. The van der Waals surface area contributed by atoms with E-state index in [2.05, 4.69) is 55.3 Å². The molecular weight excluding hydrogens is 559 g/mol. The van der Waals surface area contributed by atoms with Crippen molar-refractivity contribution in [3.8, 4) is 5.75 Å². The summed E-state index contributed by atoms with van der Waals surface area (Å²) in [5.41, 5.74) is 1.20. The molecule has 3 aliphatic carbocycles. The van der Waals surface area contributed by atoms with Crippen molar-refractivity contribution in [1.29, 1.82) is 0 Å². The lowest BCUT2D eigenvalue weighted by Gasteiger charge is -2.62. The molecule has 3 saturated carbocycles. The van der Waals surface area contributed by atoms with E-state index >= 15 is 0 Å². The van der Waals surface area contributed by atoms with Crippen LogP contribution in [0.3, 0.4) is 0 Å². The number of nitrogens with one attached hydrogen (secondary N) is 1. The minimum atomic E-state index is -0.823. The maximum Gasteiger partial charge on any atom is 0.240 e. The highest BCUT2D eigenvalue weighted by molar-refractivity contribution is 14.1. The largest absolute Gasteiger partial charge is 0.488 e. The van der Waals surface area contributed by atoms with E-state index in [1.807, 2.05) is 18.2 Å². The number of hydroxylamine groups is 2. The Hall–Kier alpha value is -1.20. The molecule has 7 nitrogen and oxygen atoms in total. The topological polar surface area (TPSA) is 91.3 Å². The van der Waals surface area contributed by atoms with Crippen LogP contribution in [0, 0.1) is 32.7 Å². The fourth-order valence-electron chi connectivity index (χ4n) is 6.63. The van der Waals surface area contributed by atoms with E-state index in [1.54, 1.807) is 18.1 Å². The molecule has 1 saturated heterocycles. The van der Waals surface area contributed by atoms with Crippen LogP contribution >= 0.6 is 22.6 Å². The van der Waals surface area contributed by atoms with Crippen LogP contribution < -0.4 is 10.1 Å². The maximum atomic E-state index is 13.8. The van der Waals surface area contributed by atoms with E-state index in [1.165, 1.54) is 6.42 Å². The molecule has 35 heavy (non-hydrogen) atoms. The molecule has 0 aromatic heterocycles. The predicted molar refractivity (Wildman–Crippen MR) is 142 cm³/mol. The molecule has 3 N–H and O–H groups in total. The number of carbonyl (C=O) groups excluding carboxylic acids is 1. The second-order valence-corrected chi connectivity index (χ2v) is 12.2. The molecule has 0 radical (unpaired) electrons. The highest BCUT2D eigenvalue weighted by Crippen LogP contribution is 2.61. The van der Waals surface area contributed by atoms with Crippen molar-refractivity contribution in [1.82, 2.24) is 10.4 Å². The fourth-order valence-corrected chi connectivity index (χ4v) is 7.34. The van der Waals surface area contributed by atoms with Gasteiger partial charge in [0.25, 0.3) is 0 Å². The molecule has 1 amide bonds. The van der Waals surface area contributed by atoms with Gasteiger partial charge >= 0.3 is 0 Å². The fraction of sp³-hybridized carbons (Fsp3) is 0.667. The normalized spacial score (nSPS) is 34.7. The summed E-state index contributed by atoms with van der Waals surface area (Å²) in [5.74, 6) is 1.64. The first-order valence-corrected chi connectivity index (χ1v) is 13.7. The molecule has 4 aliphatic rings. The molecule has 8 heteroatoms. The van der Waals surface area contributed by atoms with E-state index in [9.17, 15) is 15.0 Å². The van der Waals surface area contributed by atoms with Gasteiger partial charge in [-0.25, -0.2) is 0 Å². The highest BCUT2D eigenvalue weighted by atomic mass is 127. The van der Waals surface area contributed by atoms with Crippen LogP contribution in [0.4, 0.5) is 0 Å². The summed E-state index contributed by atoms with van der Waals surface area (Å²) in [5, 5.41) is 25.6. The molecule has 1 aromatic rings. The number of hydrogen-bond acceptors (Lipinski definition) is 6. The van der Waals surface area contributed by atoms with Gasteiger partial charge in [-0.2, -0.15) is 5.06 Å². The minimum Gasteiger partial charge on any atom is -0.488 e. The van der Waals surface area contributed by atoms with Crippen LogP contribution in [0.5, 0.6) is 5.75 Å². The number of ether oxygens (including phenoxy) is 1. The van der Waals surface area contributed by atoms with Crippen molar-refractivity contribution >= 4 is 28.5 Å². The molecule has 1 heterocycles. The third-order valence-electron chi connectivity index (χ3n) is 8.78. The quantitative estimate of drug-likeness (QED) is 0.298. The lowest BCUT2D eigenvalue weighted by atomic mass is 9.45. The highest BCUT2D eigenvalue weighted by Gasteiger charge is 2.57. The number of para-hydroxylation sites is 1. The van der Waals surface area contributed by atoms with Crippen LogP contribution in [0.1, 0.15) is 46.1 Å². The Balaban J connectivity index is 1.57. The van der Waals surface area contributed by atoms with Crippen LogP contribution in [-0.4, -0.2) is 58.7 Å². The van der Waals surface area contributed by atoms with Gasteiger partial charge in [0.2, 0.25) is 5.91 Å². The summed E-state index contributed by atoms with van der Waals surface area (Å²) >= 11 is 2.23. The first-order chi connectivity index (χ1) is 16.6. The average Bonchev–Trinajstić information content (AvgIpc) is 3.18. The van der Waals surface area contributed by atoms with Crippen molar-refractivity contribution < 1.29 is 24.6 Å². The summed E-state index contributed by atoms with van der Waals surface area (Å²) in [6.45, 7) is 12.7. The predicted octanol–water partition coefficient (Wildman–Crippen LogP) is 3.52. The van der Waals surface area contributed by atoms with E-state index in [0.29, 0.717) is 36.3 Å². The molecule has 4 fully saturated rings. The molecule has 8 atom stereocenters. The van der Waals surface area contributed by atoms with E-state index in [-0.39, 0.29) is 18.6 Å². The average molecular weight is 599 g/mol. The van der Waals surface area contributed by atoms with Crippen LogP contribution in [0.15, 0.2) is 30.9 Å². The summed E-state index contributed by atoms with van der Waals surface area (Å²) in [6.07, 6.45) is 2.42. The Morgan fingerprint density at radius 1 is 1.43 bits per heavy atom. The van der Waals surface area contributed by atoms with Crippen molar-refractivity contribution in [3.63, 3.8) is 0 Å². The number of rotatable bonds is 9. The van der Waals surface area contributed by atoms with Crippen LogP contribution in [0.25, 0.3) is 0 Å². The zero-order valence-electron chi connectivity index (χ0n) is 21.1. The zero-order valence-corrected chi connectivity index (χ0v) is 23.3. The molecule has 194 valence electrons. The number of halogens is 1. The maximum absolute atomic E-state index is 13.8. The van der Waals surface area contributed by atoms with Gasteiger partial charge in [-0.15, -0.1) is 0 Å². The Labute approximate surface area is 222 Å². The van der Waals surface area contributed by atoms with Gasteiger partial charge < -0.3 is 20.3 Å². The number of carbonyl (C=O) groups is 1. The summed E-state index contributed by atoms with van der Waals surface area (Å²) < 4.78 is 6.86. The van der Waals surface area contributed by atoms with Gasteiger partial charge in [0.1, 0.15) is 24.5 Å². The number of amides is 1. The second kappa shape index (κ2) is 10.7. The van der Waals surface area contributed by atoms with Crippen molar-refractivity contribution in [2.75, 3.05) is 13.2 Å². The summed E-state index contributed by atoms with van der Waals surface area (Å²) in [6, 6.07) is 5.23. The van der Waals surface area contributed by atoms with Crippen LogP contribution in [0.2, 0.25) is 0 Å². The van der Waals surface area contributed by atoms with Gasteiger partial charge in [0, 0.05) is 17.5 Å². The first-order valence-electron chi connectivity index (χ1n) is 12.6. The number of hydrogen-bond donors (Lipinski definition) is 3. The van der Waals surface area contributed by atoms with Gasteiger partial charge in [-0.1, -0.05) is 45.6 Å². The first kappa shape index (κ1) is 26.9. The third-order valence-corrected chi connectivity index (χ3v) is 9.63. The standard InChI is InChI=1S/C27H39IN2O5/c1-6-10-34-25-17(8-7-9-20(25)28)13-30-24(23(16(3)32)22(14-31)35-30)26(33)29-21-12-18-11-19(15(21)2)27(18,4)5/h6-9,15-16,18-19,21-24,31-32H,1,10-14H2,2-5H3,(H,29,33)/t15-,16-,18?,19+,21?,22-,23+,24-/m0/s1. The Bertz CT molecular complexity index is 938. The Morgan fingerprint density at radius 2 is 2.17 bits per heavy atom. The Kier molecular flexibility index (Phi) is 8.17. The number of nitrogens with zero attached hydrogens (tertiary/aromatic N) is 1. The minimum absolute atomic E-state index is 0.105. The molecule has 1 aromatic carbocycles. The Morgan fingerprint density at radius 3 is 2.77 bits per heavy atom. The molecule has 1 aliphatic heterocycles. The van der Waals surface area contributed by atoms with Crippen molar-refractivity contribution in [2.45, 2.75) is 71.4 Å². The summed E-state index contributed by atoms with van der Waals surface area (Å²) in [4.78, 5) is 19.9. The van der Waals surface area contributed by atoms with Gasteiger partial charge in [-0.3, -0.25) is 9.63 Å². The van der Waals surface area contributed by atoms with E-state index in [4.69, 9.17) is 9.57 Å². The lowest BCUT2D eigenvalue weighted by Crippen LogP contribution is -2.62.